The SMILES string of the molecule is CC1(C)CC(CC(=O)c2ccc(Oc3cccc(C4CCNCC4)c3C#N)cc2)CC(C)(C)N1. The van der Waals surface area contributed by atoms with Gasteiger partial charge in [-0.05, 0) is 114 Å². The minimum atomic E-state index is 0.0333. The second-order valence-corrected chi connectivity index (χ2v) is 11.3. The molecule has 0 atom stereocenters. The van der Waals surface area contributed by atoms with E-state index in [2.05, 4.69) is 44.4 Å². The summed E-state index contributed by atoms with van der Waals surface area (Å²) in [5, 5.41) is 16.9. The minimum absolute atomic E-state index is 0.0333. The number of piperidine rings is 2. The van der Waals surface area contributed by atoms with Crippen molar-refractivity contribution in [1.82, 2.24) is 10.6 Å². The summed E-state index contributed by atoms with van der Waals surface area (Å²) in [6.07, 6.45) is 4.60. The molecule has 2 heterocycles. The lowest BCUT2D eigenvalue weighted by atomic mass is 9.74. The number of ether oxygens (including phenoxy) is 1. The van der Waals surface area contributed by atoms with Crippen LogP contribution in [0.5, 0.6) is 11.5 Å². The monoisotopic (exact) mass is 459 g/mol. The Hall–Kier alpha value is -2.68. The third kappa shape index (κ3) is 5.87. The van der Waals surface area contributed by atoms with Crippen molar-refractivity contribution in [2.75, 3.05) is 13.1 Å². The summed E-state index contributed by atoms with van der Waals surface area (Å²) in [7, 11) is 0. The van der Waals surface area contributed by atoms with Gasteiger partial charge >= 0.3 is 0 Å². The summed E-state index contributed by atoms with van der Waals surface area (Å²) in [5.41, 5.74) is 2.47. The molecule has 2 saturated heterocycles. The normalized spacial score (nSPS) is 20.4. The van der Waals surface area contributed by atoms with Gasteiger partial charge in [0.1, 0.15) is 17.6 Å². The van der Waals surface area contributed by atoms with E-state index < -0.39 is 0 Å². The average molecular weight is 460 g/mol. The predicted molar refractivity (Wildman–Crippen MR) is 135 cm³/mol. The average Bonchev–Trinajstić information content (AvgIpc) is 2.78. The molecule has 0 radical (unpaired) electrons. The highest BCUT2D eigenvalue weighted by molar-refractivity contribution is 5.96. The number of carbonyl (C=O) groups is 1. The standard InChI is InChI=1S/C29H37N3O2/c1-28(2)17-20(18-29(3,4)32-28)16-26(33)22-8-10-23(11-9-22)34-27-7-5-6-24(25(27)19-30)21-12-14-31-15-13-21/h5-11,20-21,31-32H,12-18H2,1-4H3. The number of nitriles is 1. The van der Waals surface area contributed by atoms with Crippen LogP contribution in [0, 0.1) is 17.2 Å². The molecule has 0 spiro atoms. The molecule has 0 saturated carbocycles. The van der Waals surface area contributed by atoms with E-state index in [-0.39, 0.29) is 16.9 Å². The van der Waals surface area contributed by atoms with Crippen LogP contribution >= 0.6 is 0 Å². The molecule has 2 aliphatic rings. The first-order chi connectivity index (χ1) is 16.2. The number of ketones is 1. The van der Waals surface area contributed by atoms with E-state index >= 15 is 0 Å². The highest BCUT2D eigenvalue weighted by Crippen LogP contribution is 2.36. The molecular formula is C29H37N3O2. The van der Waals surface area contributed by atoms with Gasteiger partial charge in [-0.1, -0.05) is 12.1 Å². The molecule has 2 N–H and O–H groups in total. The van der Waals surface area contributed by atoms with Crippen molar-refractivity contribution in [2.24, 2.45) is 5.92 Å². The fraction of sp³-hybridized carbons (Fsp3) is 0.517. The third-order valence-corrected chi connectivity index (χ3v) is 7.10. The van der Waals surface area contributed by atoms with Crippen molar-refractivity contribution in [3.63, 3.8) is 0 Å². The maximum Gasteiger partial charge on any atom is 0.163 e. The first kappa shape index (κ1) is 24.4. The summed E-state index contributed by atoms with van der Waals surface area (Å²) in [6, 6.07) is 15.6. The Bertz CT molecular complexity index is 1040. The fourth-order valence-corrected chi connectivity index (χ4v) is 6.12. The zero-order chi connectivity index (χ0) is 24.3. The zero-order valence-corrected chi connectivity index (χ0v) is 20.9. The van der Waals surface area contributed by atoms with Crippen LogP contribution in [0.3, 0.4) is 0 Å². The van der Waals surface area contributed by atoms with Crippen molar-refractivity contribution in [2.45, 2.75) is 76.8 Å². The van der Waals surface area contributed by atoms with Crippen LogP contribution in [0.4, 0.5) is 0 Å². The van der Waals surface area contributed by atoms with Gasteiger partial charge in [-0.15, -0.1) is 0 Å². The second kappa shape index (κ2) is 9.90. The summed E-state index contributed by atoms with van der Waals surface area (Å²) >= 11 is 0. The molecule has 5 heteroatoms. The first-order valence-electron chi connectivity index (χ1n) is 12.5. The first-order valence-corrected chi connectivity index (χ1v) is 12.5. The van der Waals surface area contributed by atoms with Gasteiger partial charge in [-0.3, -0.25) is 4.79 Å². The number of benzene rings is 2. The smallest absolute Gasteiger partial charge is 0.163 e. The fourth-order valence-electron chi connectivity index (χ4n) is 6.12. The molecule has 2 aromatic carbocycles. The molecule has 34 heavy (non-hydrogen) atoms. The molecule has 2 fully saturated rings. The largest absolute Gasteiger partial charge is 0.456 e. The van der Waals surface area contributed by atoms with Crippen LogP contribution < -0.4 is 15.4 Å². The van der Waals surface area contributed by atoms with E-state index in [1.165, 1.54) is 0 Å². The Morgan fingerprint density at radius 3 is 2.29 bits per heavy atom. The predicted octanol–water partition coefficient (Wildman–Crippen LogP) is 5.95. The van der Waals surface area contributed by atoms with Gasteiger partial charge in [0.05, 0.1) is 5.56 Å². The number of rotatable bonds is 6. The van der Waals surface area contributed by atoms with E-state index in [1.807, 2.05) is 42.5 Å². The lowest BCUT2D eigenvalue weighted by Crippen LogP contribution is -2.57. The number of nitrogens with zero attached hydrogens (tertiary/aromatic N) is 1. The van der Waals surface area contributed by atoms with Crippen LogP contribution in [0.15, 0.2) is 42.5 Å². The van der Waals surface area contributed by atoms with Gasteiger partial charge in [-0.2, -0.15) is 5.26 Å². The highest BCUT2D eigenvalue weighted by Gasteiger charge is 2.38. The Morgan fingerprint density at radius 2 is 1.68 bits per heavy atom. The molecule has 0 aromatic heterocycles. The molecule has 0 aliphatic carbocycles. The topological polar surface area (TPSA) is 74.1 Å². The van der Waals surface area contributed by atoms with Gasteiger partial charge in [0.15, 0.2) is 5.78 Å². The Kier molecular flexibility index (Phi) is 7.12. The summed E-state index contributed by atoms with van der Waals surface area (Å²) < 4.78 is 6.11. The van der Waals surface area contributed by atoms with E-state index in [1.54, 1.807) is 0 Å². The summed E-state index contributed by atoms with van der Waals surface area (Å²) in [4.78, 5) is 13.0. The number of nitrogens with one attached hydrogen (secondary N) is 2. The van der Waals surface area contributed by atoms with E-state index in [0.717, 1.165) is 44.3 Å². The van der Waals surface area contributed by atoms with Crippen LogP contribution in [0.1, 0.15) is 87.2 Å². The van der Waals surface area contributed by atoms with Crippen molar-refractivity contribution < 1.29 is 9.53 Å². The molecule has 0 unspecified atom stereocenters. The van der Waals surface area contributed by atoms with E-state index in [0.29, 0.717) is 40.9 Å². The van der Waals surface area contributed by atoms with Gasteiger partial charge in [0, 0.05) is 23.1 Å². The van der Waals surface area contributed by atoms with Crippen molar-refractivity contribution in [3.05, 3.63) is 59.2 Å². The lowest BCUT2D eigenvalue weighted by molar-refractivity contribution is 0.0864. The van der Waals surface area contributed by atoms with Crippen LogP contribution in [-0.2, 0) is 0 Å². The quantitative estimate of drug-likeness (QED) is 0.522. The number of carbonyl (C=O) groups excluding carboxylic acids is 1. The lowest BCUT2D eigenvalue weighted by Gasteiger charge is -2.46. The number of Topliss-reactive ketones (excluding diaryl/α,β-unsaturated/α-hetero) is 1. The number of hydrogen-bond acceptors (Lipinski definition) is 5. The van der Waals surface area contributed by atoms with Gasteiger partial charge < -0.3 is 15.4 Å². The minimum Gasteiger partial charge on any atom is -0.456 e. The molecule has 0 bridgehead atoms. The van der Waals surface area contributed by atoms with Crippen molar-refractivity contribution in [1.29, 1.82) is 5.26 Å². The van der Waals surface area contributed by atoms with Crippen molar-refractivity contribution in [3.8, 4) is 17.6 Å². The molecule has 4 rings (SSSR count). The third-order valence-electron chi connectivity index (χ3n) is 7.10. The van der Waals surface area contributed by atoms with Crippen LogP contribution in [0.25, 0.3) is 0 Å². The van der Waals surface area contributed by atoms with E-state index in [9.17, 15) is 10.1 Å². The van der Waals surface area contributed by atoms with Crippen molar-refractivity contribution >= 4 is 5.78 Å². The van der Waals surface area contributed by atoms with Crippen LogP contribution in [0.2, 0.25) is 0 Å². The van der Waals surface area contributed by atoms with Gasteiger partial charge in [0.2, 0.25) is 0 Å². The maximum atomic E-state index is 13.0. The molecule has 2 aromatic rings. The molecule has 0 amide bonds. The Labute approximate surface area is 203 Å². The van der Waals surface area contributed by atoms with Gasteiger partial charge in [-0.25, -0.2) is 0 Å². The Morgan fingerprint density at radius 1 is 1.03 bits per heavy atom. The number of hydrogen-bond donors (Lipinski definition) is 2. The molecular weight excluding hydrogens is 422 g/mol. The van der Waals surface area contributed by atoms with Gasteiger partial charge in [0.25, 0.3) is 0 Å². The maximum absolute atomic E-state index is 13.0. The van der Waals surface area contributed by atoms with Crippen LogP contribution in [-0.4, -0.2) is 30.0 Å². The molecule has 2 aliphatic heterocycles. The summed E-state index contributed by atoms with van der Waals surface area (Å²) in [6.45, 7) is 10.8. The summed E-state index contributed by atoms with van der Waals surface area (Å²) in [5.74, 6) is 2.14. The second-order valence-electron chi connectivity index (χ2n) is 11.3. The molecule has 5 nitrogen and oxygen atoms in total. The highest BCUT2D eigenvalue weighted by atomic mass is 16.5. The zero-order valence-electron chi connectivity index (χ0n) is 20.9. The molecule has 180 valence electrons. The van der Waals surface area contributed by atoms with E-state index in [4.69, 9.17) is 4.74 Å². The Balaban J connectivity index is 1.44.